The van der Waals surface area contributed by atoms with Gasteiger partial charge in [-0.3, -0.25) is 0 Å². The molecule has 2 rings (SSSR count). The number of rotatable bonds is 3. The van der Waals surface area contributed by atoms with Crippen LogP contribution < -0.4 is 0 Å². The van der Waals surface area contributed by atoms with Crippen molar-refractivity contribution < 1.29 is 0 Å². The lowest BCUT2D eigenvalue weighted by Gasteiger charge is -2.31. The molecule has 2 heterocycles. The molecule has 2 fully saturated rings. The van der Waals surface area contributed by atoms with Crippen LogP contribution in [0.4, 0.5) is 0 Å². The van der Waals surface area contributed by atoms with E-state index in [1.807, 2.05) is 0 Å². The number of nitrogens with zero attached hydrogens (tertiary/aromatic N) is 2. The molecule has 118 valence electrons. The van der Waals surface area contributed by atoms with Crippen LogP contribution in [-0.4, -0.2) is 51.5 Å². The van der Waals surface area contributed by atoms with Crippen LogP contribution in [0, 0.1) is 0 Å². The molecular formula is C8H10Cl6N2S4. The lowest BCUT2D eigenvalue weighted by Crippen LogP contribution is -2.35. The molecule has 0 spiro atoms. The van der Waals surface area contributed by atoms with Gasteiger partial charge in [0.05, 0.1) is 0 Å². The van der Waals surface area contributed by atoms with Gasteiger partial charge in [0.25, 0.3) is 0 Å². The smallest absolute Gasteiger partial charge is 0.215 e. The first-order chi connectivity index (χ1) is 9.19. The van der Waals surface area contributed by atoms with Gasteiger partial charge in [0.15, 0.2) is 0 Å². The highest BCUT2D eigenvalue weighted by atomic mass is 35.6. The van der Waals surface area contributed by atoms with E-state index in [1.54, 1.807) is 45.5 Å². The summed E-state index contributed by atoms with van der Waals surface area (Å²) in [6.07, 6.45) is 0. The molecule has 0 N–H and O–H groups in total. The summed E-state index contributed by atoms with van der Waals surface area (Å²) in [7, 11) is 3.10. The maximum Gasteiger partial charge on any atom is 0.215 e. The second-order valence-corrected chi connectivity index (χ2v) is 13.2. The van der Waals surface area contributed by atoms with Gasteiger partial charge in [-0.2, -0.15) is 0 Å². The molecule has 0 radical (unpaired) electrons. The Hall–Kier alpha value is 3.06. The number of thioether (sulfide) groups is 2. The number of alkyl halides is 6. The van der Waals surface area contributed by atoms with E-state index in [0.29, 0.717) is 0 Å². The molecule has 2 nitrogen and oxygen atoms in total. The molecule has 0 amide bonds. The predicted octanol–water partition coefficient (Wildman–Crippen LogP) is 5.69. The maximum absolute atomic E-state index is 6.00. The quantitative estimate of drug-likeness (QED) is 0.292. The van der Waals surface area contributed by atoms with E-state index in [2.05, 4.69) is 8.61 Å². The Labute approximate surface area is 165 Å². The molecule has 2 unspecified atom stereocenters. The van der Waals surface area contributed by atoms with E-state index in [-0.39, 0.29) is 10.7 Å². The van der Waals surface area contributed by atoms with Crippen LogP contribution in [0.2, 0.25) is 0 Å². The van der Waals surface area contributed by atoms with Crippen LogP contribution in [-0.2, 0) is 0 Å². The molecule has 2 atom stereocenters. The lowest BCUT2D eigenvalue weighted by atomic mass is 10.6. The van der Waals surface area contributed by atoms with Gasteiger partial charge in [-0.1, -0.05) is 69.6 Å². The second-order valence-electron chi connectivity index (χ2n) is 3.96. The normalized spacial score (nSPS) is 30.3. The third kappa shape index (κ3) is 5.28. The van der Waals surface area contributed by atoms with Crippen LogP contribution in [0.15, 0.2) is 0 Å². The van der Waals surface area contributed by atoms with Crippen molar-refractivity contribution in [1.29, 1.82) is 0 Å². The van der Waals surface area contributed by atoms with Gasteiger partial charge >= 0.3 is 0 Å². The summed E-state index contributed by atoms with van der Waals surface area (Å²) in [4.78, 5) is 0. The molecule has 12 heteroatoms. The Bertz CT molecular complexity index is 306. The minimum atomic E-state index is -1.30. The van der Waals surface area contributed by atoms with Crippen molar-refractivity contribution >= 4 is 115 Å². The van der Waals surface area contributed by atoms with Gasteiger partial charge < -0.3 is 0 Å². The van der Waals surface area contributed by atoms with E-state index >= 15 is 0 Å². The van der Waals surface area contributed by atoms with E-state index in [4.69, 9.17) is 69.6 Å². The van der Waals surface area contributed by atoms with Gasteiger partial charge in [0.2, 0.25) is 7.59 Å². The fourth-order valence-electron chi connectivity index (χ4n) is 1.66. The van der Waals surface area contributed by atoms with Crippen molar-refractivity contribution in [3.8, 4) is 0 Å². The predicted molar refractivity (Wildman–Crippen MR) is 102 cm³/mol. The van der Waals surface area contributed by atoms with Crippen LogP contribution in [0.25, 0.3) is 0 Å². The van der Waals surface area contributed by atoms with E-state index in [1.165, 1.54) is 0 Å². The van der Waals surface area contributed by atoms with Crippen molar-refractivity contribution in [3.63, 3.8) is 0 Å². The van der Waals surface area contributed by atoms with Crippen molar-refractivity contribution in [2.45, 2.75) is 18.3 Å². The fraction of sp³-hybridized carbons (Fsp3) is 1.00. The van der Waals surface area contributed by atoms with Crippen LogP contribution in [0.3, 0.4) is 0 Å². The monoisotopic (exact) mass is 472 g/mol. The topological polar surface area (TPSA) is 6.48 Å². The Morgan fingerprint density at radius 3 is 1.40 bits per heavy atom. The zero-order chi connectivity index (χ0) is 15.0. The first kappa shape index (κ1) is 19.4. The minimum absolute atomic E-state index is 0.161. The van der Waals surface area contributed by atoms with E-state index in [9.17, 15) is 0 Å². The van der Waals surface area contributed by atoms with E-state index < -0.39 is 7.59 Å². The Morgan fingerprint density at radius 1 is 0.750 bits per heavy atom. The van der Waals surface area contributed by atoms with Gasteiger partial charge in [-0.15, -0.1) is 23.5 Å². The van der Waals surface area contributed by atoms with Crippen LogP contribution >= 0.6 is 115 Å². The highest BCUT2D eigenvalue weighted by molar-refractivity contribution is 8.75. The van der Waals surface area contributed by atoms with Gasteiger partial charge in [-0.25, -0.2) is 8.61 Å². The molecule has 2 aliphatic rings. The lowest BCUT2D eigenvalue weighted by molar-refractivity contribution is 0.494. The summed E-state index contributed by atoms with van der Waals surface area (Å²) in [5.74, 6) is 1.88. The van der Waals surface area contributed by atoms with Gasteiger partial charge in [0, 0.05) is 46.6 Å². The molecule has 0 saturated carbocycles. The zero-order valence-electron chi connectivity index (χ0n) is 9.78. The van der Waals surface area contributed by atoms with Crippen LogP contribution in [0.5, 0.6) is 0 Å². The van der Waals surface area contributed by atoms with Crippen molar-refractivity contribution in [3.05, 3.63) is 0 Å². The summed E-state index contributed by atoms with van der Waals surface area (Å²) in [6.45, 7) is 1.72. The molecular weight excluding hydrogens is 465 g/mol. The average Bonchev–Trinajstić information content (AvgIpc) is 2.93. The number of halogens is 6. The number of hydrogen-bond donors (Lipinski definition) is 0. The summed E-state index contributed by atoms with van der Waals surface area (Å²) in [5.41, 5.74) is 0. The highest BCUT2D eigenvalue weighted by Gasteiger charge is 2.44. The van der Waals surface area contributed by atoms with E-state index in [0.717, 1.165) is 24.6 Å². The second kappa shape index (κ2) is 7.96. The molecule has 0 aromatic heterocycles. The molecule has 0 aliphatic carbocycles. The minimum Gasteiger partial charge on any atom is -0.222 e. The fourth-order valence-corrected chi connectivity index (χ4v) is 9.46. The summed E-state index contributed by atoms with van der Waals surface area (Å²) < 4.78 is 1.54. The van der Waals surface area contributed by atoms with Crippen molar-refractivity contribution in [2.24, 2.45) is 0 Å². The van der Waals surface area contributed by atoms with Crippen molar-refractivity contribution in [1.82, 2.24) is 8.61 Å². The molecule has 0 aromatic carbocycles. The van der Waals surface area contributed by atoms with Crippen LogP contribution in [0.1, 0.15) is 0 Å². The Kier molecular flexibility index (Phi) is 7.72. The van der Waals surface area contributed by atoms with Gasteiger partial charge in [0.1, 0.15) is 10.7 Å². The molecule has 2 aliphatic heterocycles. The summed E-state index contributed by atoms with van der Waals surface area (Å²) in [6, 6.07) is 0. The number of hydrogen-bond acceptors (Lipinski definition) is 6. The summed E-state index contributed by atoms with van der Waals surface area (Å²) >= 11 is 39.3. The standard InChI is InChI=1S/C8H10Cl6N2S4/c9-7(10,11)5-15(1-3-17-5)19-20-16-2-4-18-6(16)8(12,13)14/h5-6H,1-4H2. The molecule has 0 aromatic rings. The molecule has 0 bridgehead atoms. The largest absolute Gasteiger partial charge is 0.222 e. The van der Waals surface area contributed by atoms with Crippen molar-refractivity contribution in [2.75, 3.05) is 24.6 Å². The Morgan fingerprint density at radius 2 is 1.10 bits per heavy atom. The average molecular weight is 475 g/mol. The molecule has 2 saturated heterocycles. The van der Waals surface area contributed by atoms with Gasteiger partial charge in [-0.05, 0) is 0 Å². The maximum atomic E-state index is 6.00. The third-order valence-corrected chi connectivity index (χ3v) is 10.0. The first-order valence-electron chi connectivity index (χ1n) is 5.44. The Balaban J connectivity index is 1.89. The molecule has 20 heavy (non-hydrogen) atoms. The SMILES string of the molecule is ClC(Cl)(Cl)C1SCCN1SSN1CCSC1C(Cl)(Cl)Cl. The summed E-state index contributed by atoms with van der Waals surface area (Å²) in [5, 5.41) is -0.321. The first-order valence-corrected chi connectivity index (χ1v) is 11.9. The highest BCUT2D eigenvalue weighted by Crippen LogP contribution is 2.51. The third-order valence-electron chi connectivity index (χ3n) is 2.48. The zero-order valence-corrected chi connectivity index (χ0v) is 17.6.